The maximum atomic E-state index is 11.0. The third-order valence-corrected chi connectivity index (χ3v) is 1.64. The molecule has 0 aromatic rings. The zero-order valence-corrected chi connectivity index (χ0v) is 8.34. The van der Waals surface area contributed by atoms with Gasteiger partial charge in [-0.2, -0.15) is 0 Å². The van der Waals surface area contributed by atoms with Crippen LogP contribution >= 0.6 is 0 Å². The van der Waals surface area contributed by atoms with Gasteiger partial charge in [-0.15, -0.1) is 0 Å². The van der Waals surface area contributed by atoms with Crippen molar-refractivity contribution in [3.63, 3.8) is 0 Å². The second-order valence-electron chi connectivity index (χ2n) is 2.84. The van der Waals surface area contributed by atoms with Crippen molar-refractivity contribution in [1.29, 1.82) is 0 Å². The van der Waals surface area contributed by atoms with Crippen molar-refractivity contribution in [2.45, 2.75) is 26.2 Å². The largest absolute Gasteiger partial charge is 0.372 e. The van der Waals surface area contributed by atoms with E-state index in [0.717, 1.165) is 32.4 Å². The van der Waals surface area contributed by atoms with E-state index in [9.17, 15) is 4.79 Å². The Morgan fingerprint density at radius 2 is 2.15 bits per heavy atom. The van der Waals surface area contributed by atoms with Gasteiger partial charge in [-0.25, -0.2) is 0 Å². The zero-order chi connectivity index (χ0) is 9.94. The Bertz CT molecular complexity index is 129. The van der Waals surface area contributed by atoms with E-state index in [-0.39, 0.29) is 12.5 Å². The van der Waals surface area contributed by atoms with Crippen molar-refractivity contribution in [2.24, 2.45) is 5.73 Å². The molecule has 4 nitrogen and oxygen atoms in total. The molecule has 0 radical (unpaired) electrons. The van der Waals surface area contributed by atoms with Crippen LogP contribution in [0.5, 0.6) is 0 Å². The minimum absolute atomic E-state index is 0.0328. The van der Waals surface area contributed by atoms with Gasteiger partial charge in [0, 0.05) is 13.2 Å². The molecule has 0 atom stereocenters. The molecule has 0 saturated heterocycles. The third-order valence-electron chi connectivity index (χ3n) is 1.64. The van der Waals surface area contributed by atoms with Gasteiger partial charge in [0.05, 0.1) is 0 Å². The molecule has 0 fully saturated rings. The minimum Gasteiger partial charge on any atom is -0.372 e. The summed E-state index contributed by atoms with van der Waals surface area (Å²) < 4.78 is 4.94. The number of carbonyl (C=O) groups excluding carboxylic acids is 1. The molecule has 4 heteroatoms. The number of unbranched alkanes of at least 4 members (excludes halogenated alkanes) is 2. The molecule has 0 unspecified atom stereocenters. The fourth-order valence-electron chi connectivity index (χ4n) is 0.920. The van der Waals surface area contributed by atoms with Crippen molar-refractivity contribution in [3.05, 3.63) is 0 Å². The normalized spacial score (nSPS) is 10.0. The average molecular weight is 188 g/mol. The first-order valence-corrected chi connectivity index (χ1v) is 4.85. The first-order valence-electron chi connectivity index (χ1n) is 4.85. The van der Waals surface area contributed by atoms with Crippen molar-refractivity contribution < 1.29 is 9.53 Å². The summed E-state index contributed by atoms with van der Waals surface area (Å²) in [6.45, 7) is 4.08. The summed E-state index contributed by atoms with van der Waals surface area (Å²) >= 11 is 0. The number of amides is 1. The predicted molar refractivity (Wildman–Crippen MR) is 52.4 cm³/mol. The highest BCUT2D eigenvalue weighted by Gasteiger charge is 1.98. The number of rotatable bonds is 8. The van der Waals surface area contributed by atoms with E-state index < -0.39 is 0 Å². The fraction of sp³-hybridized carbons (Fsp3) is 0.889. The monoisotopic (exact) mass is 188 g/mol. The van der Waals surface area contributed by atoms with Crippen LogP contribution in [0.4, 0.5) is 0 Å². The second-order valence-corrected chi connectivity index (χ2v) is 2.84. The second kappa shape index (κ2) is 9.48. The summed E-state index contributed by atoms with van der Waals surface area (Å²) in [5.41, 5.74) is 5.33. The highest BCUT2D eigenvalue weighted by atomic mass is 16.5. The number of nitrogens with one attached hydrogen (secondary N) is 1. The molecule has 0 aliphatic rings. The molecule has 78 valence electrons. The molecule has 0 rings (SSSR count). The first-order chi connectivity index (χ1) is 6.31. The van der Waals surface area contributed by atoms with Gasteiger partial charge < -0.3 is 15.8 Å². The van der Waals surface area contributed by atoms with Crippen LogP contribution in [-0.2, 0) is 9.53 Å². The molecule has 0 spiro atoms. The van der Waals surface area contributed by atoms with E-state index in [1.54, 1.807) is 0 Å². The quantitative estimate of drug-likeness (QED) is 0.537. The number of hydrogen-bond acceptors (Lipinski definition) is 3. The van der Waals surface area contributed by atoms with Gasteiger partial charge in [0.25, 0.3) is 0 Å². The lowest BCUT2D eigenvalue weighted by Gasteiger charge is -2.04. The van der Waals surface area contributed by atoms with Crippen molar-refractivity contribution >= 4 is 5.91 Å². The molecule has 0 heterocycles. The summed E-state index contributed by atoms with van der Waals surface area (Å²) in [6.07, 6.45) is 3.10. The molecule has 0 aromatic carbocycles. The summed E-state index contributed by atoms with van der Waals surface area (Å²) in [5, 5.41) is 2.77. The number of ether oxygens (including phenoxy) is 1. The number of nitrogens with two attached hydrogens (primary N) is 1. The van der Waals surface area contributed by atoms with E-state index in [2.05, 4.69) is 5.32 Å². The highest BCUT2D eigenvalue weighted by molar-refractivity contribution is 5.77. The highest BCUT2D eigenvalue weighted by Crippen LogP contribution is 1.90. The standard InChI is InChI=1S/C9H20N2O2/c1-2-13-8-9(12)11-7-5-3-4-6-10/h2-8,10H2,1H3,(H,11,12). The van der Waals surface area contributed by atoms with Crippen LogP contribution in [0.3, 0.4) is 0 Å². The molecule has 0 aromatic heterocycles. The number of hydrogen-bond donors (Lipinski definition) is 2. The molecule has 1 amide bonds. The van der Waals surface area contributed by atoms with E-state index in [1.807, 2.05) is 6.92 Å². The SMILES string of the molecule is CCOCC(=O)NCCCCCN. The fourth-order valence-corrected chi connectivity index (χ4v) is 0.920. The molecule has 0 aliphatic carbocycles. The molecule has 13 heavy (non-hydrogen) atoms. The summed E-state index contributed by atoms with van der Waals surface area (Å²) in [6, 6.07) is 0. The van der Waals surface area contributed by atoms with Gasteiger partial charge in [-0.1, -0.05) is 6.42 Å². The number of carbonyl (C=O) groups is 1. The smallest absolute Gasteiger partial charge is 0.245 e. The molecule has 3 N–H and O–H groups in total. The molecule has 0 saturated carbocycles. The van der Waals surface area contributed by atoms with Crippen LogP contribution in [0, 0.1) is 0 Å². The zero-order valence-electron chi connectivity index (χ0n) is 8.34. The van der Waals surface area contributed by atoms with E-state index in [4.69, 9.17) is 10.5 Å². The minimum atomic E-state index is -0.0328. The summed E-state index contributed by atoms with van der Waals surface area (Å²) in [5.74, 6) is -0.0328. The van der Waals surface area contributed by atoms with Crippen molar-refractivity contribution in [1.82, 2.24) is 5.32 Å². The van der Waals surface area contributed by atoms with Gasteiger partial charge in [0.1, 0.15) is 6.61 Å². The maximum Gasteiger partial charge on any atom is 0.245 e. The predicted octanol–water partition coefficient (Wildman–Crippen LogP) is 0.268. The maximum absolute atomic E-state index is 11.0. The Morgan fingerprint density at radius 3 is 2.77 bits per heavy atom. The molecular weight excluding hydrogens is 168 g/mol. The average Bonchev–Trinajstić information content (AvgIpc) is 2.14. The molecule has 0 aliphatic heterocycles. The van der Waals surface area contributed by atoms with E-state index in [0.29, 0.717) is 6.61 Å². The lowest BCUT2D eigenvalue weighted by atomic mass is 10.2. The van der Waals surface area contributed by atoms with Gasteiger partial charge in [0.2, 0.25) is 5.91 Å². The van der Waals surface area contributed by atoms with Gasteiger partial charge in [-0.05, 0) is 26.3 Å². The topological polar surface area (TPSA) is 64.3 Å². The van der Waals surface area contributed by atoms with Crippen LogP contribution in [0.25, 0.3) is 0 Å². The Kier molecular flexibility index (Phi) is 9.03. The Balaban J connectivity index is 3.08. The first kappa shape index (κ1) is 12.4. The lowest BCUT2D eigenvalue weighted by molar-refractivity contribution is -0.125. The Morgan fingerprint density at radius 1 is 1.38 bits per heavy atom. The van der Waals surface area contributed by atoms with Crippen LogP contribution in [0.1, 0.15) is 26.2 Å². The van der Waals surface area contributed by atoms with Crippen LogP contribution in [-0.4, -0.2) is 32.2 Å². The lowest BCUT2D eigenvalue weighted by Crippen LogP contribution is -2.28. The van der Waals surface area contributed by atoms with Gasteiger partial charge in [-0.3, -0.25) is 4.79 Å². The molecular formula is C9H20N2O2. The van der Waals surface area contributed by atoms with Crippen LogP contribution < -0.4 is 11.1 Å². The van der Waals surface area contributed by atoms with E-state index in [1.165, 1.54) is 0 Å². The van der Waals surface area contributed by atoms with Crippen LogP contribution in [0.15, 0.2) is 0 Å². The Labute approximate surface area is 79.8 Å². The van der Waals surface area contributed by atoms with Crippen molar-refractivity contribution in [3.8, 4) is 0 Å². The Hall–Kier alpha value is -0.610. The molecule has 0 bridgehead atoms. The van der Waals surface area contributed by atoms with Crippen molar-refractivity contribution in [2.75, 3.05) is 26.3 Å². The van der Waals surface area contributed by atoms with Gasteiger partial charge >= 0.3 is 0 Å². The summed E-state index contributed by atoms with van der Waals surface area (Å²) in [7, 11) is 0. The van der Waals surface area contributed by atoms with E-state index >= 15 is 0 Å². The summed E-state index contributed by atoms with van der Waals surface area (Å²) in [4.78, 5) is 11.0. The van der Waals surface area contributed by atoms with Gasteiger partial charge in [0.15, 0.2) is 0 Å². The third kappa shape index (κ3) is 9.30. The van der Waals surface area contributed by atoms with Crippen LogP contribution in [0.2, 0.25) is 0 Å².